The number of hydrogen-bond acceptors (Lipinski definition) is 2. The molecule has 0 bridgehead atoms. The van der Waals surface area contributed by atoms with Crippen LogP contribution >= 0.6 is 0 Å². The molecule has 2 nitrogen and oxygen atoms in total. The highest BCUT2D eigenvalue weighted by Gasteiger charge is 2.45. The standard InChI is InChI=1S/C21H30O2/c1-5-6-7-8-15-12-18(22)20-16-11-14(2)9-10-17(16)21(3,4)23-19(20)13-15/h11-13,16-17,22H,5-10H2,1-4H3/t16-,17-/m1/s1/i16D. The minimum atomic E-state index is -0.897. The number of allylic oxidation sites excluding steroid dienone is 2. The highest BCUT2D eigenvalue weighted by Crippen LogP contribution is 2.53. The van der Waals surface area contributed by atoms with Crippen molar-refractivity contribution in [2.24, 2.45) is 5.92 Å². The lowest BCUT2D eigenvalue weighted by Gasteiger charge is -2.46. The number of phenolic OH excluding ortho intramolecular Hbond substituents is 1. The molecule has 3 rings (SSSR count). The maximum atomic E-state index is 10.7. The zero-order valence-electron chi connectivity index (χ0n) is 15.9. The summed E-state index contributed by atoms with van der Waals surface area (Å²) >= 11 is 0. The molecule has 1 heterocycles. The van der Waals surface area contributed by atoms with E-state index in [0.717, 1.165) is 31.2 Å². The summed E-state index contributed by atoms with van der Waals surface area (Å²) in [6.45, 7) is 8.45. The van der Waals surface area contributed by atoms with Crippen molar-refractivity contribution < 1.29 is 11.2 Å². The predicted octanol–water partition coefficient (Wildman–Crippen LogP) is 5.74. The second-order valence-corrected chi connectivity index (χ2v) is 7.69. The summed E-state index contributed by atoms with van der Waals surface area (Å²) in [6.07, 6.45) is 8.41. The molecule has 2 aliphatic rings. The molecule has 126 valence electrons. The molecule has 0 fully saturated rings. The Balaban J connectivity index is 2.07. The molecular formula is C21H30O2. The minimum Gasteiger partial charge on any atom is -0.507 e. The number of aromatic hydroxyl groups is 1. The van der Waals surface area contributed by atoms with Crippen LogP contribution in [-0.2, 0) is 6.42 Å². The van der Waals surface area contributed by atoms with Gasteiger partial charge in [0.15, 0.2) is 0 Å². The van der Waals surface area contributed by atoms with Crippen LogP contribution in [0.2, 0.25) is 0 Å². The number of phenols is 1. The first kappa shape index (κ1) is 15.1. The number of rotatable bonds is 4. The number of fused-ring (bicyclic) bond motifs is 3. The summed E-state index contributed by atoms with van der Waals surface area (Å²) in [5.41, 5.74) is 2.59. The SMILES string of the molecule is [2H][C@@]12C=C(C)CC[C@H]1C(C)(C)Oc1cc(CCCCC)cc(O)c12. The molecule has 0 radical (unpaired) electrons. The Labute approximate surface area is 142 Å². The van der Waals surface area contributed by atoms with E-state index < -0.39 is 11.5 Å². The number of unbranched alkanes of at least 4 members (excludes halogenated alkanes) is 2. The van der Waals surface area contributed by atoms with Crippen LogP contribution in [0.15, 0.2) is 23.8 Å². The number of ether oxygens (including phenoxy) is 1. The molecule has 1 N–H and O–H groups in total. The van der Waals surface area contributed by atoms with Crippen LogP contribution in [0.4, 0.5) is 0 Å². The first-order valence-electron chi connectivity index (χ1n) is 9.51. The van der Waals surface area contributed by atoms with Crippen LogP contribution in [0.1, 0.15) is 78.2 Å². The summed E-state index contributed by atoms with van der Waals surface area (Å²) in [6, 6.07) is 3.90. The van der Waals surface area contributed by atoms with Crippen molar-refractivity contribution >= 4 is 0 Å². The molecule has 1 aromatic carbocycles. The van der Waals surface area contributed by atoms with Crippen molar-refractivity contribution in [3.05, 3.63) is 34.9 Å². The Kier molecular flexibility index (Phi) is 4.09. The van der Waals surface area contributed by atoms with Crippen molar-refractivity contribution in [3.63, 3.8) is 0 Å². The van der Waals surface area contributed by atoms with E-state index in [4.69, 9.17) is 4.74 Å². The van der Waals surface area contributed by atoms with E-state index in [-0.39, 0.29) is 11.7 Å². The molecule has 0 aromatic heterocycles. The quantitative estimate of drug-likeness (QED) is 0.567. The number of aryl methyl sites for hydroxylation is 1. The van der Waals surface area contributed by atoms with Crippen LogP contribution in [0.3, 0.4) is 0 Å². The Morgan fingerprint density at radius 1 is 1.35 bits per heavy atom. The van der Waals surface area contributed by atoms with Gasteiger partial charge in [-0.3, -0.25) is 0 Å². The molecule has 0 saturated carbocycles. The maximum absolute atomic E-state index is 10.7. The molecule has 0 amide bonds. The first-order valence-corrected chi connectivity index (χ1v) is 9.01. The van der Waals surface area contributed by atoms with Crippen LogP contribution in [0.5, 0.6) is 11.5 Å². The van der Waals surface area contributed by atoms with Gasteiger partial charge >= 0.3 is 0 Å². The lowest BCUT2D eigenvalue weighted by atomic mass is 9.68. The third kappa shape index (κ3) is 3.13. The van der Waals surface area contributed by atoms with Crippen LogP contribution in [0, 0.1) is 5.92 Å². The molecule has 1 aliphatic heterocycles. The van der Waals surface area contributed by atoms with Gasteiger partial charge in [-0.15, -0.1) is 0 Å². The van der Waals surface area contributed by atoms with Gasteiger partial charge in [-0.25, -0.2) is 0 Å². The van der Waals surface area contributed by atoms with Gasteiger partial charge in [0.1, 0.15) is 17.1 Å². The lowest BCUT2D eigenvalue weighted by Crippen LogP contribution is -2.45. The monoisotopic (exact) mass is 315 g/mol. The Morgan fingerprint density at radius 2 is 2.13 bits per heavy atom. The van der Waals surface area contributed by atoms with Crippen LogP contribution in [-0.4, -0.2) is 10.7 Å². The molecular weight excluding hydrogens is 284 g/mol. The summed E-state index contributed by atoms with van der Waals surface area (Å²) in [5.74, 6) is 0.0769. The average molecular weight is 315 g/mol. The number of hydrogen-bond donors (Lipinski definition) is 1. The van der Waals surface area contributed by atoms with Crippen LogP contribution < -0.4 is 4.74 Å². The largest absolute Gasteiger partial charge is 0.507 e. The van der Waals surface area contributed by atoms with Gasteiger partial charge in [0.05, 0.1) is 0 Å². The number of benzene rings is 1. The Bertz CT molecular complexity index is 662. The minimum absolute atomic E-state index is 0.0537. The van der Waals surface area contributed by atoms with Gasteiger partial charge in [0.2, 0.25) is 0 Å². The molecule has 2 heteroatoms. The summed E-state index contributed by atoms with van der Waals surface area (Å²) in [4.78, 5) is 0. The van der Waals surface area contributed by atoms with Gasteiger partial charge < -0.3 is 9.84 Å². The summed E-state index contributed by atoms with van der Waals surface area (Å²) < 4.78 is 15.5. The van der Waals surface area contributed by atoms with Gasteiger partial charge in [-0.2, -0.15) is 0 Å². The van der Waals surface area contributed by atoms with E-state index in [2.05, 4.69) is 33.8 Å². The average Bonchev–Trinajstić information content (AvgIpc) is 2.45. The van der Waals surface area contributed by atoms with Crippen molar-refractivity contribution in [2.45, 2.75) is 77.7 Å². The molecule has 0 saturated heterocycles. The molecule has 1 aromatic rings. The fourth-order valence-corrected chi connectivity index (χ4v) is 4.04. The van der Waals surface area contributed by atoms with Crippen molar-refractivity contribution in [2.75, 3.05) is 0 Å². The van der Waals surface area contributed by atoms with Gasteiger partial charge in [-0.1, -0.05) is 31.4 Å². The topological polar surface area (TPSA) is 29.5 Å². The van der Waals surface area contributed by atoms with E-state index >= 15 is 0 Å². The zero-order valence-corrected chi connectivity index (χ0v) is 14.9. The third-order valence-corrected chi connectivity index (χ3v) is 5.32. The van der Waals surface area contributed by atoms with Crippen molar-refractivity contribution in [3.8, 4) is 11.5 Å². The molecule has 2 atom stereocenters. The molecule has 0 spiro atoms. The van der Waals surface area contributed by atoms with Gasteiger partial charge in [0.25, 0.3) is 0 Å². The lowest BCUT2D eigenvalue weighted by molar-refractivity contribution is 0.0107. The first-order chi connectivity index (χ1) is 11.3. The molecule has 0 unspecified atom stereocenters. The van der Waals surface area contributed by atoms with E-state index in [1.54, 1.807) is 0 Å². The van der Waals surface area contributed by atoms with E-state index in [1.807, 2.05) is 12.1 Å². The summed E-state index contributed by atoms with van der Waals surface area (Å²) in [7, 11) is 0. The van der Waals surface area contributed by atoms with Gasteiger partial charge in [0, 0.05) is 18.7 Å². The smallest absolute Gasteiger partial charge is 0.127 e. The molecule has 1 aliphatic carbocycles. The Hall–Kier alpha value is -1.44. The van der Waals surface area contributed by atoms with Crippen LogP contribution in [0.25, 0.3) is 0 Å². The zero-order chi connectivity index (χ0) is 17.5. The molecule has 23 heavy (non-hydrogen) atoms. The fraction of sp³-hybridized carbons (Fsp3) is 0.619. The highest BCUT2D eigenvalue weighted by molar-refractivity contribution is 5.53. The normalized spacial score (nSPS) is 29.0. The highest BCUT2D eigenvalue weighted by atomic mass is 16.5. The van der Waals surface area contributed by atoms with Crippen molar-refractivity contribution in [1.82, 2.24) is 0 Å². The van der Waals surface area contributed by atoms with Crippen molar-refractivity contribution in [1.29, 1.82) is 0 Å². The fourth-order valence-electron chi connectivity index (χ4n) is 4.04. The third-order valence-electron chi connectivity index (χ3n) is 5.32. The van der Waals surface area contributed by atoms with Gasteiger partial charge in [-0.05, 0) is 64.2 Å². The second-order valence-electron chi connectivity index (χ2n) is 7.69. The van der Waals surface area contributed by atoms with E-state index in [9.17, 15) is 6.48 Å². The Morgan fingerprint density at radius 3 is 2.87 bits per heavy atom. The van der Waals surface area contributed by atoms with E-state index in [1.165, 1.54) is 18.4 Å². The van der Waals surface area contributed by atoms with E-state index in [0.29, 0.717) is 11.3 Å². The predicted molar refractivity (Wildman–Crippen MR) is 95.3 cm³/mol. The maximum Gasteiger partial charge on any atom is 0.127 e. The summed E-state index contributed by atoms with van der Waals surface area (Å²) in [5, 5.41) is 10.7. The second kappa shape index (κ2) is 6.22.